The molecular weight excluding hydrogens is 290 g/mol. The molecule has 0 aromatic heterocycles. The fraction of sp³-hybridized carbons (Fsp3) is 0.842. The first-order valence-electron chi connectivity index (χ1n) is 9.31. The van der Waals surface area contributed by atoms with Crippen molar-refractivity contribution in [3.63, 3.8) is 0 Å². The van der Waals surface area contributed by atoms with Gasteiger partial charge in [-0.25, -0.2) is 4.79 Å². The lowest BCUT2D eigenvalue weighted by molar-refractivity contribution is -0.141. The highest BCUT2D eigenvalue weighted by Crippen LogP contribution is 2.05. The summed E-state index contributed by atoms with van der Waals surface area (Å²) >= 11 is 0. The van der Waals surface area contributed by atoms with E-state index < -0.39 is 0 Å². The highest BCUT2D eigenvalue weighted by Gasteiger charge is 2.06. The van der Waals surface area contributed by atoms with Gasteiger partial charge in [0.1, 0.15) is 6.61 Å². The number of nitrogens with zero attached hydrogens (tertiary/aromatic N) is 1. The second-order valence-corrected chi connectivity index (χ2v) is 5.94. The van der Waals surface area contributed by atoms with E-state index in [2.05, 4.69) is 25.7 Å². The Balaban J connectivity index is 3.59. The number of esters is 1. The lowest BCUT2D eigenvalue weighted by atomic mass is 10.1. The third-order valence-electron chi connectivity index (χ3n) is 3.89. The Bertz CT molecular complexity index is 301. The van der Waals surface area contributed by atoms with Crippen molar-refractivity contribution in [3.8, 4) is 0 Å². The third-order valence-corrected chi connectivity index (χ3v) is 3.89. The maximum atomic E-state index is 11.6. The SMILES string of the molecule is CCCCCCCC=CC(=O)OCC(C)OCCN(CC)CC. The van der Waals surface area contributed by atoms with Gasteiger partial charge >= 0.3 is 5.97 Å². The van der Waals surface area contributed by atoms with Gasteiger partial charge in [0.15, 0.2) is 0 Å². The molecular formula is C19H37NO3. The second kappa shape index (κ2) is 16.0. The van der Waals surface area contributed by atoms with E-state index in [9.17, 15) is 4.79 Å². The summed E-state index contributed by atoms with van der Waals surface area (Å²) in [5.74, 6) is -0.266. The van der Waals surface area contributed by atoms with Crippen LogP contribution < -0.4 is 0 Å². The van der Waals surface area contributed by atoms with E-state index in [1.165, 1.54) is 25.7 Å². The lowest BCUT2D eigenvalue weighted by Gasteiger charge is -2.19. The smallest absolute Gasteiger partial charge is 0.330 e. The third kappa shape index (κ3) is 14.5. The minimum absolute atomic E-state index is 0.0584. The van der Waals surface area contributed by atoms with Gasteiger partial charge in [-0.3, -0.25) is 0 Å². The van der Waals surface area contributed by atoms with Gasteiger partial charge in [0.2, 0.25) is 0 Å². The topological polar surface area (TPSA) is 38.8 Å². The molecule has 4 nitrogen and oxygen atoms in total. The molecule has 1 atom stereocenters. The first kappa shape index (κ1) is 22.1. The van der Waals surface area contributed by atoms with E-state index in [1.54, 1.807) is 6.08 Å². The van der Waals surface area contributed by atoms with Crippen molar-refractivity contribution < 1.29 is 14.3 Å². The molecule has 0 spiro atoms. The van der Waals surface area contributed by atoms with Crippen molar-refractivity contribution in [2.75, 3.05) is 32.8 Å². The fourth-order valence-corrected chi connectivity index (χ4v) is 2.26. The molecule has 0 radical (unpaired) electrons. The van der Waals surface area contributed by atoms with Crippen molar-refractivity contribution in [3.05, 3.63) is 12.2 Å². The van der Waals surface area contributed by atoms with Crippen molar-refractivity contribution in [2.45, 2.75) is 72.3 Å². The van der Waals surface area contributed by atoms with Gasteiger partial charge in [0.25, 0.3) is 0 Å². The average molecular weight is 328 g/mol. The molecule has 0 aliphatic carbocycles. The zero-order valence-corrected chi connectivity index (χ0v) is 15.7. The Kier molecular flexibility index (Phi) is 15.4. The zero-order chi connectivity index (χ0) is 17.3. The average Bonchev–Trinajstić information content (AvgIpc) is 2.56. The van der Waals surface area contributed by atoms with Crippen molar-refractivity contribution in [1.29, 1.82) is 0 Å². The molecule has 23 heavy (non-hydrogen) atoms. The summed E-state index contributed by atoms with van der Waals surface area (Å²) in [6, 6.07) is 0. The van der Waals surface area contributed by atoms with Gasteiger partial charge in [-0.2, -0.15) is 0 Å². The largest absolute Gasteiger partial charge is 0.460 e. The van der Waals surface area contributed by atoms with E-state index in [-0.39, 0.29) is 12.1 Å². The summed E-state index contributed by atoms with van der Waals surface area (Å²) in [5, 5.41) is 0. The van der Waals surface area contributed by atoms with E-state index in [0.717, 1.165) is 32.5 Å². The molecule has 1 unspecified atom stereocenters. The fourth-order valence-electron chi connectivity index (χ4n) is 2.26. The highest BCUT2D eigenvalue weighted by atomic mass is 16.6. The monoisotopic (exact) mass is 327 g/mol. The van der Waals surface area contributed by atoms with Crippen molar-refractivity contribution in [2.24, 2.45) is 0 Å². The number of allylic oxidation sites excluding steroid dienone is 1. The molecule has 0 saturated carbocycles. The number of carbonyl (C=O) groups is 1. The van der Waals surface area contributed by atoms with Crippen LogP contribution in [0.15, 0.2) is 12.2 Å². The molecule has 0 rings (SSSR count). The summed E-state index contributed by atoms with van der Waals surface area (Å²) in [4.78, 5) is 13.9. The molecule has 0 N–H and O–H groups in total. The van der Waals surface area contributed by atoms with Gasteiger partial charge in [-0.15, -0.1) is 0 Å². The summed E-state index contributed by atoms with van der Waals surface area (Å²) < 4.78 is 10.9. The van der Waals surface area contributed by atoms with E-state index in [1.807, 2.05) is 13.0 Å². The number of ether oxygens (including phenoxy) is 2. The number of hydrogen-bond acceptors (Lipinski definition) is 4. The second-order valence-electron chi connectivity index (χ2n) is 5.94. The number of rotatable bonds is 15. The maximum absolute atomic E-state index is 11.6. The molecule has 0 aliphatic rings. The van der Waals surface area contributed by atoms with Gasteiger partial charge in [-0.1, -0.05) is 52.5 Å². The Hall–Kier alpha value is -0.870. The van der Waals surface area contributed by atoms with Gasteiger partial charge in [-0.05, 0) is 32.9 Å². The molecule has 0 aromatic rings. The number of likely N-dealkylation sites (N-methyl/N-ethyl adjacent to an activating group) is 1. The van der Waals surface area contributed by atoms with Crippen LogP contribution in [0.2, 0.25) is 0 Å². The molecule has 0 fully saturated rings. The van der Waals surface area contributed by atoms with Gasteiger partial charge in [0.05, 0.1) is 12.7 Å². The quantitative estimate of drug-likeness (QED) is 0.257. The van der Waals surface area contributed by atoms with E-state index in [0.29, 0.717) is 13.2 Å². The molecule has 4 heteroatoms. The van der Waals surface area contributed by atoms with Crippen LogP contribution in [-0.4, -0.2) is 49.8 Å². The van der Waals surface area contributed by atoms with Crippen LogP contribution in [0.3, 0.4) is 0 Å². The van der Waals surface area contributed by atoms with Crippen molar-refractivity contribution in [1.82, 2.24) is 4.90 Å². The van der Waals surface area contributed by atoms with Crippen molar-refractivity contribution >= 4 is 5.97 Å². The van der Waals surface area contributed by atoms with Crippen LogP contribution in [0.4, 0.5) is 0 Å². The maximum Gasteiger partial charge on any atom is 0.330 e. The van der Waals surface area contributed by atoms with Crippen LogP contribution in [-0.2, 0) is 14.3 Å². The minimum Gasteiger partial charge on any atom is -0.460 e. The number of hydrogen-bond donors (Lipinski definition) is 0. The zero-order valence-electron chi connectivity index (χ0n) is 15.7. The van der Waals surface area contributed by atoms with Crippen LogP contribution >= 0.6 is 0 Å². The van der Waals surface area contributed by atoms with Crippen LogP contribution in [0.5, 0.6) is 0 Å². The molecule has 0 saturated heterocycles. The number of carbonyl (C=O) groups excluding carboxylic acids is 1. The highest BCUT2D eigenvalue weighted by molar-refractivity contribution is 5.81. The molecule has 0 amide bonds. The molecule has 0 bridgehead atoms. The van der Waals surface area contributed by atoms with Gasteiger partial charge in [0, 0.05) is 12.6 Å². The number of unbranched alkanes of at least 4 members (excludes halogenated alkanes) is 5. The summed E-state index contributed by atoms with van der Waals surface area (Å²) in [6.07, 6.45) is 10.6. The van der Waals surface area contributed by atoms with Gasteiger partial charge < -0.3 is 14.4 Å². The Morgan fingerprint density at radius 1 is 1.09 bits per heavy atom. The summed E-state index contributed by atoms with van der Waals surface area (Å²) in [7, 11) is 0. The molecule has 0 aliphatic heterocycles. The summed E-state index contributed by atoms with van der Waals surface area (Å²) in [5.41, 5.74) is 0. The first-order chi connectivity index (χ1) is 11.1. The first-order valence-corrected chi connectivity index (χ1v) is 9.31. The molecule has 0 aromatic carbocycles. The van der Waals surface area contributed by atoms with Crippen LogP contribution in [0.25, 0.3) is 0 Å². The molecule has 136 valence electrons. The Morgan fingerprint density at radius 2 is 1.78 bits per heavy atom. The Labute approximate surface area is 143 Å². The lowest BCUT2D eigenvalue weighted by Crippen LogP contribution is -2.29. The van der Waals surface area contributed by atoms with Crippen LogP contribution in [0, 0.1) is 0 Å². The summed E-state index contributed by atoms with van der Waals surface area (Å²) in [6.45, 7) is 12.4. The van der Waals surface area contributed by atoms with E-state index in [4.69, 9.17) is 9.47 Å². The minimum atomic E-state index is -0.266. The predicted molar refractivity (Wildman–Crippen MR) is 96.7 cm³/mol. The standard InChI is InChI=1S/C19H37NO3/c1-5-8-9-10-11-12-13-14-19(21)23-17-18(4)22-16-15-20(6-2)7-3/h13-14,18H,5-12,15-17H2,1-4H3. The Morgan fingerprint density at radius 3 is 2.43 bits per heavy atom. The predicted octanol–water partition coefficient (Wildman–Crippen LogP) is 4.19. The molecule has 0 heterocycles. The van der Waals surface area contributed by atoms with E-state index >= 15 is 0 Å². The van der Waals surface area contributed by atoms with Crippen LogP contribution in [0.1, 0.15) is 66.2 Å². The normalized spacial score (nSPS) is 12.9.